The van der Waals surface area contributed by atoms with Gasteiger partial charge in [0.25, 0.3) is 0 Å². The maximum atomic E-state index is 5.23. The Morgan fingerprint density at radius 2 is 1.96 bits per heavy atom. The minimum absolute atomic E-state index is 0.530. The Kier molecular flexibility index (Phi) is 7.86. The molecule has 0 aliphatic carbocycles. The van der Waals surface area contributed by atoms with Crippen LogP contribution in [0.3, 0.4) is 0 Å². The van der Waals surface area contributed by atoms with Crippen LogP contribution in [0.2, 0.25) is 0 Å². The van der Waals surface area contributed by atoms with Crippen LogP contribution in [0, 0.1) is 0 Å². The van der Waals surface area contributed by atoms with E-state index in [1.165, 1.54) is 22.0 Å². The monoisotopic (exact) mass is 349 g/mol. The molecule has 0 saturated heterocycles. The van der Waals surface area contributed by atoms with E-state index in [4.69, 9.17) is 4.74 Å². The van der Waals surface area contributed by atoms with Gasteiger partial charge in [0.1, 0.15) is 5.76 Å². The number of allylic oxidation sites excluding steroid dienone is 1. The predicted octanol–water partition coefficient (Wildman–Crippen LogP) is 6.02. The fourth-order valence-corrected chi connectivity index (χ4v) is 2.72. The highest BCUT2D eigenvalue weighted by Gasteiger charge is 2.14. The number of hydrogen-bond acceptors (Lipinski definition) is 3. The fraction of sp³-hybridized carbons (Fsp3) is 0.368. The number of rotatable bonds is 6. The van der Waals surface area contributed by atoms with E-state index in [1.807, 2.05) is 0 Å². The van der Waals surface area contributed by atoms with Crippen molar-refractivity contribution in [3.05, 3.63) is 54.3 Å². The molecule has 0 saturated carbocycles. The highest BCUT2D eigenvalue weighted by molar-refractivity contribution is 8.59. The molecule has 0 aliphatic rings. The molecule has 0 amide bonds. The van der Waals surface area contributed by atoms with Crippen molar-refractivity contribution in [2.45, 2.75) is 32.6 Å². The molecule has 23 heavy (non-hydrogen) atoms. The Morgan fingerprint density at radius 1 is 1.30 bits per heavy atom. The summed E-state index contributed by atoms with van der Waals surface area (Å²) in [5, 5.41) is 1.32. The average molecular weight is 350 g/mol. The van der Waals surface area contributed by atoms with Crippen LogP contribution >= 0.6 is 23.3 Å². The first-order valence-electron chi connectivity index (χ1n) is 7.60. The van der Waals surface area contributed by atoms with Crippen LogP contribution in [0.25, 0.3) is 16.7 Å². The van der Waals surface area contributed by atoms with E-state index in [2.05, 4.69) is 86.3 Å². The third-order valence-electron chi connectivity index (χ3n) is 4.12. The van der Waals surface area contributed by atoms with Crippen molar-refractivity contribution in [1.29, 1.82) is 0 Å². The summed E-state index contributed by atoms with van der Waals surface area (Å²) in [5.41, 5.74) is 4.92. The van der Waals surface area contributed by atoms with E-state index >= 15 is 0 Å². The van der Waals surface area contributed by atoms with Gasteiger partial charge in [0, 0.05) is 29.7 Å². The summed E-state index contributed by atoms with van der Waals surface area (Å²) < 4.78 is 7.42. The first-order chi connectivity index (χ1) is 10.9. The maximum Gasteiger partial charge on any atom is 0.118 e. The van der Waals surface area contributed by atoms with Crippen molar-refractivity contribution in [2.75, 3.05) is 7.11 Å². The molecule has 0 N–H and O–H groups in total. The second-order valence-corrected chi connectivity index (χ2v) is 5.95. The van der Waals surface area contributed by atoms with Gasteiger partial charge in [-0.1, -0.05) is 31.2 Å². The average Bonchev–Trinajstić information content (AvgIpc) is 2.90. The Balaban J connectivity index is 0.00000127. The summed E-state index contributed by atoms with van der Waals surface area (Å²) in [6.07, 6.45) is 4.46. The van der Waals surface area contributed by atoms with Crippen molar-refractivity contribution in [2.24, 2.45) is 7.05 Å². The number of fused-ring (bicyclic) bond motifs is 1. The first kappa shape index (κ1) is 19.8. The molecule has 126 valence electrons. The number of benzene rings is 1. The van der Waals surface area contributed by atoms with Crippen LogP contribution in [-0.2, 0) is 11.8 Å². The summed E-state index contributed by atoms with van der Waals surface area (Å²) in [6, 6.07) is 6.42. The molecule has 4 heteroatoms. The number of nitrogens with zero attached hydrogens (tertiary/aromatic N) is 1. The van der Waals surface area contributed by atoms with Crippen LogP contribution in [0.5, 0.6) is 0 Å². The number of thiol groups is 2. The molecule has 2 nitrogen and oxygen atoms in total. The highest BCUT2D eigenvalue weighted by Crippen LogP contribution is 2.32. The molecule has 0 bridgehead atoms. The van der Waals surface area contributed by atoms with Gasteiger partial charge < -0.3 is 9.30 Å². The van der Waals surface area contributed by atoms with Gasteiger partial charge in [-0.05, 0) is 37.3 Å². The Bertz CT molecular complexity index is 688. The van der Waals surface area contributed by atoms with Gasteiger partial charge in [-0.3, -0.25) is 0 Å². The van der Waals surface area contributed by atoms with Gasteiger partial charge in [-0.15, -0.1) is 29.9 Å². The normalized spacial score (nSPS) is 11.6. The molecule has 0 aliphatic heterocycles. The molecule has 0 fully saturated rings. The van der Waals surface area contributed by atoms with Crippen LogP contribution < -0.4 is 0 Å². The summed E-state index contributed by atoms with van der Waals surface area (Å²) in [7, 11) is 3.75. The van der Waals surface area contributed by atoms with E-state index in [1.54, 1.807) is 7.11 Å². The molecule has 1 aromatic heterocycles. The minimum Gasteiger partial charge on any atom is -0.497 e. The van der Waals surface area contributed by atoms with Crippen LogP contribution in [0.4, 0.5) is 0 Å². The summed E-state index contributed by atoms with van der Waals surface area (Å²) >= 11 is 6.44. The van der Waals surface area contributed by atoms with E-state index in [-0.39, 0.29) is 0 Å². The van der Waals surface area contributed by atoms with Gasteiger partial charge in [0.15, 0.2) is 0 Å². The van der Waals surface area contributed by atoms with E-state index < -0.39 is 0 Å². The standard InChI is InChI=1S/C19H25NO.H2S2/c1-13(2)7-8-14(3)18-12-20(5)19-11-16(15(4)21-6)9-10-17(18)19;1-2/h9-12,14H,1,4,7-8H2,2-3,5-6H3;1-2H. The predicted molar refractivity (Wildman–Crippen MR) is 109 cm³/mol. The maximum absolute atomic E-state index is 5.23. The highest BCUT2D eigenvalue weighted by atomic mass is 33.1. The Hall–Kier alpha value is -1.26. The Morgan fingerprint density at radius 3 is 2.52 bits per heavy atom. The molecular formula is C19H27NOS2. The summed E-state index contributed by atoms with van der Waals surface area (Å²) in [5.74, 6) is 1.23. The summed E-state index contributed by atoms with van der Waals surface area (Å²) in [4.78, 5) is 0. The zero-order valence-corrected chi connectivity index (χ0v) is 16.3. The second kappa shape index (κ2) is 9.14. The number of hydrogen-bond donors (Lipinski definition) is 2. The molecule has 2 rings (SSSR count). The van der Waals surface area contributed by atoms with Crippen LogP contribution in [-0.4, -0.2) is 11.7 Å². The van der Waals surface area contributed by atoms with Crippen LogP contribution in [0.1, 0.15) is 43.7 Å². The van der Waals surface area contributed by atoms with Crippen molar-refractivity contribution in [3.63, 3.8) is 0 Å². The van der Waals surface area contributed by atoms with E-state index in [0.29, 0.717) is 11.7 Å². The molecular weight excluding hydrogens is 322 g/mol. The van der Waals surface area contributed by atoms with Gasteiger partial charge in [0.05, 0.1) is 7.11 Å². The van der Waals surface area contributed by atoms with Gasteiger partial charge in [0.2, 0.25) is 0 Å². The van der Waals surface area contributed by atoms with Crippen molar-refractivity contribution < 1.29 is 4.74 Å². The number of methoxy groups -OCH3 is 1. The molecule has 0 spiro atoms. The third-order valence-corrected chi connectivity index (χ3v) is 4.12. The van der Waals surface area contributed by atoms with Gasteiger partial charge >= 0.3 is 0 Å². The van der Waals surface area contributed by atoms with E-state index in [9.17, 15) is 0 Å². The quantitative estimate of drug-likeness (QED) is 0.282. The van der Waals surface area contributed by atoms with Crippen molar-refractivity contribution >= 4 is 40.0 Å². The number of ether oxygens (including phenoxy) is 1. The second-order valence-electron chi connectivity index (χ2n) is 5.95. The van der Waals surface area contributed by atoms with E-state index in [0.717, 1.165) is 18.4 Å². The molecule has 1 unspecified atom stereocenters. The lowest BCUT2D eigenvalue weighted by Crippen LogP contribution is -1.93. The lowest BCUT2D eigenvalue weighted by atomic mass is 9.94. The molecule has 1 atom stereocenters. The largest absolute Gasteiger partial charge is 0.497 e. The molecule has 0 radical (unpaired) electrons. The summed E-state index contributed by atoms with van der Waals surface area (Å²) in [6.45, 7) is 12.3. The molecule has 1 aromatic carbocycles. The molecule has 2 aromatic rings. The van der Waals surface area contributed by atoms with Gasteiger partial charge in [-0.25, -0.2) is 0 Å². The lowest BCUT2D eigenvalue weighted by molar-refractivity contribution is 0.371. The SMILES string of the molecule is C=C(C)CCC(C)c1cn(C)c2cc(C(=C)OC)ccc12.SS. The van der Waals surface area contributed by atoms with Gasteiger partial charge in [-0.2, -0.15) is 0 Å². The molecule has 1 heterocycles. The number of aromatic nitrogens is 1. The first-order valence-corrected chi connectivity index (χ1v) is 9.20. The van der Waals surface area contributed by atoms with Crippen molar-refractivity contribution in [1.82, 2.24) is 4.57 Å². The zero-order valence-electron chi connectivity index (χ0n) is 14.5. The number of aryl methyl sites for hydroxylation is 1. The lowest BCUT2D eigenvalue weighted by Gasteiger charge is -2.11. The van der Waals surface area contributed by atoms with Crippen LogP contribution in [0.15, 0.2) is 43.1 Å². The fourth-order valence-electron chi connectivity index (χ4n) is 2.72. The third kappa shape index (κ3) is 4.85. The smallest absolute Gasteiger partial charge is 0.118 e. The topological polar surface area (TPSA) is 14.2 Å². The minimum atomic E-state index is 0.530. The zero-order chi connectivity index (χ0) is 17.6. The van der Waals surface area contributed by atoms with Crippen molar-refractivity contribution in [3.8, 4) is 0 Å². The Labute approximate surface area is 150 Å².